The third-order valence-corrected chi connectivity index (χ3v) is 2.91. The van der Waals surface area contributed by atoms with Gasteiger partial charge in [-0.15, -0.1) is 0 Å². The van der Waals surface area contributed by atoms with Gasteiger partial charge in [-0.25, -0.2) is 0 Å². The van der Waals surface area contributed by atoms with Crippen LogP contribution >= 0.6 is 0 Å². The van der Waals surface area contributed by atoms with Crippen molar-refractivity contribution in [2.24, 2.45) is 11.8 Å². The number of hydrogen-bond donors (Lipinski definition) is 0. The average Bonchev–Trinajstić information content (AvgIpc) is 2.47. The maximum absolute atomic E-state index is 8.81. The molecule has 2 aliphatic rings. The summed E-state index contributed by atoms with van der Waals surface area (Å²) in [6.07, 6.45) is 5.27. The molecule has 0 radical (unpaired) electrons. The predicted molar refractivity (Wildman–Crippen MR) is 50.1 cm³/mol. The highest BCUT2D eigenvalue weighted by molar-refractivity contribution is 5.44. The molecule has 2 heteroatoms. The number of aldehydes is 1. The van der Waals surface area contributed by atoms with Crippen molar-refractivity contribution in [1.29, 1.82) is 0 Å². The molecule has 0 aromatic carbocycles. The van der Waals surface area contributed by atoms with Crippen LogP contribution < -0.4 is 0 Å². The van der Waals surface area contributed by atoms with Gasteiger partial charge in [0.1, 0.15) is 6.29 Å². The molecule has 0 aromatic heterocycles. The van der Waals surface area contributed by atoms with E-state index in [9.17, 15) is 0 Å². The second-order valence-corrected chi connectivity index (χ2v) is 3.91. The first kappa shape index (κ1) is 9.72. The van der Waals surface area contributed by atoms with Gasteiger partial charge in [-0.2, -0.15) is 0 Å². The van der Waals surface area contributed by atoms with E-state index in [4.69, 9.17) is 4.79 Å². The fourth-order valence-corrected chi connectivity index (χ4v) is 2.47. The van der Waals surface area contributed by atoms with Crippen LogP contribution in [0.5, 0.6) is 0 Å². The number of carbonyl (C=O) groups is 1. The van der Waals surface area contributed by atoms with E-state index in [1.807, 2.05) is 0 Å². The molecule has 2 rings (SSSR count). The molecule has 0 bridgehead atoms. The van der Waals surface area contributed by atoms with Crippen molar-refractivity contribution in [2.45, 2.75) is 26.2 Å². The minimum absolute atomic E-state index is 0.750. The summed E-state index contributed by atoms with van der Waals surface area (Å²) in [6.45, 7) is 4.20. The number of likely N-dealkylation sites (tertiary alicyclic amines) is 1. The van der Waals surface area contributed by atoms with Gasteiger partial charge in [0, 0.05) is 13.1 Å². The Hall–Kier alpha value is -0.370. The van der Waals surface area contributed by atoms with Crippen LogP contribution in [0, 0.1) is 11.8 Å². The Morgan fingerprint density at radius 3 is 2.08 bits per heavy atom. The normalized spacial score (nSPS) is 33.8. The summed E-state index contributed by atoms with van der Waals surface area (Å²) in [5.74, 6) is 2.16. The number of rotatable bonds is 0. The van der Waals surface area contributed by atoms with Gasteiger partial charge < -0.3 is 9.69 Å². The van der Waals surface area contributed by atoms with Crippen molar-refractivity contribution < 1.29 is 4.79 Å². The smallest absolute Gasteiger partial charge is 0.116 e. The molecular formula is C10H19NO. The van der Waals surface area contributed by atoms with Crippen molar-refractivity contribution in [1.82, 2.24) is 4.90 Å². The Kier molecular flexibility index (Phi) is 3.73. The molecule has 2 atom stereocenters. The fourth-order valence-electron chi connectivity index (χ4n) is 2.47. The van der Waals surface area contributed by atoms with Gasteiger partial charge in [0.25, 0.3) is 0 Å². The lowest BCUT2D eigenvalue weighted by atomic mass is 10.0. The molecule has 1 aliphatic heterocycles. The van der Waals surface area contributed by atoms with Crippen molar-refractivity contribution in [3.8, 4) is 0 Å². The largest absolute Gasteiger partial charge is 0.306 e. The van der Waals surface area contributed by atoms with Crippen LogP contribution in [0.1, 0.15) is 26.2 Å². The summed E-state index contributed by atoms with van der Waals surface area (Å²) < 4.78 is 0. The summed E-state index contributed by atoms with van der Waals surface area (Å²) in [7, 11) is 2.25. The zero-order valence-electron chi connectivity index (χ0n) is 8.12. The zero-order chi connectivity index (χ0) is 8.97. The van der Waals surface area contributed by atoms with Crippen molar-refractivity contribution >= 4 is 6.29 Å². The summed E-state index contributed by atoms with van der Waals surface area (Å²) in [6, 6.07) is 0. The maximum Gasteiger partial charge on any atom is 0.116 e. The highest BCUT2D eigenvalue weighted by Gasteiger charge is 2.33. The van der Waals surface area contributed by atoms with Gasteiger partial charge in [-0.1, -0.05) is 6.42 Å². The summed E-state index contributed by atoms with van der Waals surface area (Å²) in [5.41, 5.74) is 0. The molecule has 1 saturated heterocycles. The van der Waals surface area contributed by atoms with Gasteiger partial charge in [0.05, 0.1) is 0 Å². The molecule has 0 spiro atoms. The molecule has 70 valence electrons. The summed E-state index contributed by atoms with van der Waals surface area (Å²) >= 11 is 0. The van der Waals surface area contributed by atoms with Crippen LogP contribution in [0.4, 0.5) is 0 Å². The molecule has 1 heterocycles. The second-order valence-electron chi connectivity index (χ2n) is 3.91. The zero-order valence-corrected chi connectivity index (χ0v) is 8.12. The molecule has 12 heavy (non-hydrogen) atoms. The Bertz CT molecular complexity index is 135. The Morgan fingerprint density at radius 1 is 1.25 bits per heavy atom. The van der Waals surface area contributed by atoms with E-state index < -0.39 is 0 Å². The Balaban J connectivity index is 0.000000213. The molecular weight excluding hydrogens is 150 g/mol. The van der Waals surface area contributed by atoms with Crippen molar-refractivity contribution in [2.75, 3.05) is 20.1 Å². The van der Waals surface area contributed by atoms with E-state index in [-0.39, 0.29) is 0 Å². The Labute approximate surface area is 74.9 Å². The lowest BCUT2D eigenvalue weighted by molar-refractivity contribution is -0.106. The molecule has 2 fully saturated rings. The van der Waals surface area contributed by atoms with Gasteiger partial charge in [0.15, 0.2) is 0 Å². The first-order valence-electron chi connectivity index (χ1n) is 4.86. The van der Waals surface area contributed by atoms with Crippen LogP contribution in [-0.4, -0.2) is 31.3 Å². The van der Waals surface area contributed by atoms with Gasteiger partial charge in [0.2, 0.25) is 0 Å². The molecule has 1 aliphatic carbocycles. The Morgan fingerprint density at radius 2 is 1.67 bits per heavy atom. The molecule has 0 amide bonds. The van der Waals surface area contributed by atoms with Gasteiger partial charge in [-0.05, 0) is 38.6 Å². The van der Waals surface area contributed by atoms with Crippen molar-refractivity contribution in [3.05, 3.63) is 0 Å². The van der Waals surface area contributed by atoms with Crippen molar-refractivity contribution in [3.63, 3.8) is 0 Å². The van der Waals surface area contributed by atoms with E-state index >= 15 is 0 Å². The van der Waals surface area contributed by atoms with Crippen LogP contribution in [0.25, 0.3) is 0 Å². The number of hydrogen-bond acceptors (Lipinski definition) is 2. The van der Waals surface area contributed by atoms with Gasteiger partial charge >= 0.3 is 0 Å². The number of nitrogens with zero attached hydrogens (tertiary/aromatic N) is 1. The summed E-state index contributed by atoms with van der Waals surface area (Å²) in [5, 5.41) is 0. The topological polar surface area (TPSA) is 20.3 Å². The average molecular weight is 169 g/mol. The second kappa shape index (κ2) is 4.61. The maximum atomic E-state index is 8.81. The highest BCUT2D eigenvalue weighted by atomic mass is 16.1. The van der Waals surface area contributed by atoms with E-state index in [0.717, 1.165) is 18.1 Å². The molecule has 0 aromatic rings. The fraction of sp³-hybridized carbons (Fsp3) is 0.900. The quantitative estimate of drug-likeness (QED) is 0.513. The van der Waals surface area contributed by atoms with Gasteiger partial charge in [-0.3, -0.25) is 0 Å². The highest BCUT2D eigenvalue weighted by Crippen LogP contribution is 2.36. The number of fused-ring (bicyclic) bond motifs is 1. The van der Waals surface area contributed by atoms with E-state index in [0.29, 0.717) is 0 Å². The monoisotopic (exact) mass is 169 g/mol. The lowest BCUT2D eigenvalue weighted by Crippen LogP contribution is -2.14. The first-order chi connectivity index (χ1) is 5.77. The van der Waals surface area contributed by atoms with Crippen LogP contribution in [0.3, 0.4) is 0 Å². The minimum atomic E-state index is 0.750. The molecule has 2 unspecified atom stereocenters. The minimum Gasteiger partial charge on any atom is -0.306 e. The van der Waals surface area contributed by atoms with E-state index in [1.165, 1.54) is 39.3 Å². The third-order valence-electron chi connectivity index (χ3n) is 2.91. The SMILES string of the molecule is CC=O.CN1CC2CCCC2C1. The van der Waals surface area contributed by atoms with Crippen LogP contribution in [0.15, 0.2) is 0 Å². The summed E-state index contributed by atoms with van der Waals surface area (Å²) in [4.78, 5) is 11.3. The van der Waals surface area contributed by atoms with E-state index in [2.05, 4.69) is 11.9 Å². The number of carbonyl (C=O) groups excluding carboxylic acids is 1. The predicted octanol–water partition coefficient (Wildman–Crippen LogP) is 1.55. The van der Waals surface area contributed by atoms with Crippen LogP contribution in [-0.2, 0) is 4.79 Å². The lowest BCUT2D eigenvalue weighted by Gasteiger charge is -2.06. The first-order valence-corrected chi connectivity index (χ1v) is 4.86. The molecule has 2 nitrogen and oxygen atoms in total. The van der Waals surface area contributed by atoms with Crippen LogP contribution in [0.2, 0.25) is 0 Å². The third kappa shape index (κ3) is 2.31. The molecule has 0 N–H and O–H groups in total. The molecule has 1 saturated carbocycles. The van der Waals surface area contributed by atoms with E-state index in [1.54, 1.807) is 0 Å². The standard InChI is InChI=1S/C8H15N.C2H4O/c1-9-5-7-3-2-4-8(7)6-9;1-2-3/h7-8H,2-6H2,1H3;2H,1H3.